The fourth-order valence-corrected chi connectivity index (χ4v) is 2.80. The Bertz CT molecular complexity index is 591. The van der Waals surface area contributed by atoms with Crippen LogP contribution in [0, 0.1) is 0 Å². The molecule has 0 aliphatic heterocycles. The summed E-state index contributed by atoms with van der Waals surface area (Å²) in [5.41, 5.74) is 3.74. The van der Waals surface area contributed by atoms with Crippen molar-refractivity contribution in [2.75, 3.05) is 0 Å². The van der Waals surface area contributed by atoms with Crippen LogP contribution < -0.4 is 5.32 Å². The van der Waals surface area contributed by atoms with Crippen LogP contribution in [-0.4, -0.2) is 11.8 Å². The zero-order valence-corrected chi connectivity index (χ0v) is 11.5. The van der Waals surface area contributed by atoms with Crippen molar-refractivity contribution in [3.05, 3.63) is 71.3 Å². The van der Waals surface area contributed by atoms with Crippen molar-refractivity contribution in [2.24, 2.45) is 0 Å². The molecule has 1 aliphatic rings. The molecule has 2 heteroatoms. The van der Waals surface area contributed by atoms with Crippen LogP contribution in [0.1, 0.15) is 23.1 Å². The Morgan fingerprint density at radius 3 is 2.45 bits per heavy atom. The first kappa shape index (κ1) is 13.1. The maximum absolute atomic E-state index is 12.3. The summed E-state index contributed by atoms with van der Waals surface area (Å²) in [5.74, 6) is 0.311. The molecule has 2 aromatic carbocycles. The van der Waals surface area contributed by atoms with Crippen LogP contribution in [-0.2, 0) is 24.2 Å². The number of rotatable bonds is 3. The molecule has 1 aliphatic carbocycles. The SMILES string of the molecule is O=C1Cc2ccccc2CCC1NCc1ccccc1. The van der Waals surface area contributed by atoms with Crippen LogP contribution in [0.15, 0.2) is 54.6 Å². The van der Waals surface area contributed by atoms with E-state index in [1.807, 2.05) is 24.3 Å². The average molecular weight is 265 g/mol. The molecule has 2 aromatic rings. The Morgan fingerprint density at radius 2 is 1.65 bits per heavy atom. The lowest BCUT2D eigenvalue weighted by atomic mass is 10.0. The minimum Gasteiger partial charge on any atom is -0.303 e. The minimum absolute atomic E-state index is 0.0254. The number of nitrogens with one attached hydrogen (secondary N) is 1. The Labute approximate surface area is 119 Å². The van der Waals surface area contributed by atoms with Crippen molar-refractivity contribution in [1.29, 1.82) is 0 Å². The third-order valence-corrected chi connectivity index (χ3v) is 3.97. The maximum atomic E-state index is 12.3. The number of hydrogen-bond acceptors (Lipinski definition) is 2. The number of ketones is 1. The third kappa shape index (κ3) is 2.97. The molecule has 1 N–H and O–H groups in total. The molecule has 0 fully saturated rings. The van der Waals surface area contributed by atoms with Gasteiger partial charge in [-0.25, -0.2) is 0 Å². The molecule has 0 aromatic heterocycles. The predicted molar refractivity (Wildman–Crippen MR) is 80.5 cm³/mol. The van der Waals surface area contributed by atoms with Gasteiger partial charge in [-0.1, -0.05) is 54.6 Å². The maximum Gasteiger partial charge on any atom is 0.154 e. The monoisotopic (exact) mass is 265 g/mol. The first-order chi connectivity index (χ1) is 9.83. The molecule has 0 saturated heterocycles. The van der Waals surface area contributed by atoms with Crippen molar-refractivity contribution in [2.45, 2.75) is 31.8 Å². The number of hydrogen-bond donors (Lipinski definition) is 1. The lowest BCUT2D eigenvalue weighted by Crippen LogP contribution is -2.36. The number of carbonyl (C=O) groups is 1. The van der Waals surface area contributed by atoms with Crippen LogP contribution in [0.5, 0.6) is 0 Å². The molecule has 102 valence electrons. The standard InChI is InChI=1S/C18H19NO/c20-18-12-16-9-5-4-8-15(16)10-11-17(18)19-13-14-6-2-1-3-7-14/h1-9,17,19H,10-13H2. The van der Waals surface area contributed by atoms with Crippen LogP contribution in [0.2, 0.25) is 0 Å². The molecule has 0 amide bonds. The highest BCUT2D eigenvalue weighted by Gasteiger charge is 2.22. The van der Waals surface area contributed by atoms with Gasteiger partial charge in [0.05, 0.1) is 6.04 Å². The van der Waals surface area contributed by atoms with Gasteiger partial charge in [0.2, 0.25) is 0 Å². The third-order valence-electron chi connectivity index (χ3n) is 3.97. The van der Waals surface area contributed by atoms with Crippen LogP contribution in [0.3, 0.4) is 0 Å². The summed E-state index contributed by atoms with van der Waals surface area (Å²) in [6.07, 6.45) is 2.43. The highest BCUT2D eigenvalue weighted by Crippen LogP contribution is 2.19. The summed E-state index contributed by atoms with van der Waals surface area (Å²) in [5, 5.41) is 3.41. The number of carbonyl (C=O) groups excluding carboxylic acids is 1. The smallest absolute Gasteiger partial charge is 0.154 e. The van der Waals surface area contributed by atoms with Gasteiger partial charge in [0.25, 0.3) is 0 Å². The number of benzene rings is 2. The first-order valence-corrected chi connectivity index (χ1v) is 7.20. The fourth-order valence-electron chi connectivity index (χ4n) is 2.80. The van der Waals surface area contributed by atoms with E-state index in [9.17, 15) is 4.79 Å². The Balaban J connectivity index is 1.66. The number of fused-ring (bicyclic) bond motifs is 1. The molecule has 1 atom stereocenters. The molecule has 0 heterocycles. The topological polar surface area (TPSA) is 29.1 Å². The largest absolute Gasteiger partial charge is 0.303 e. The minimum atomic E-state index is -0.0254. The first-order valence-electron chi connectivity index (χ1n) is 7.20. The van der Waals surface area contributed by atoms with Crippen molar-refractivity contribution >= 4 is 5.78 Å². The Kier molecular flexibility index (Phi) is 3.93. The van der Waals surface area contributed by atoms with Gasteiger partial charge in [-0.15, -0.1) is 0 Å². The molecule has 0 bridgehead atoms. The molecule has 3 rings (SSSR count). The summed E-state index contributed by atoms with van der Waals surface area (Å²) in [6, 6.07) is 18.5. The number of Topliss-reactive ketones (excluding diaryl/α,β-unsaturated/α-hetero) is 1. The summed E-state index contributed by atoms with van der Waals surface area (Å²) in [6.45, 7) is 0.758. The summed E-state index contributed by atoms with van der Waals surface area (Å²) < 4.78 is 0. The van der Waals surface area contributed by atoms with E-state index >= 15 is 0 Å². The molecular weight excluding hydrogens is 246 g/mol. The number of aryl methyl sites for hydroxylation is 1. The quantitative estimate of drug-likeness (QED) is 0.865. The molecule has 2 nitrogen and oxygen atoms in total. The van der Waals surface area contributed by atoms with Gasteiger partial charge in [0.1, 0.15) is 0 Å². The lowest BCUT2D eigenvalue weighted by molar-refractivity contribution is -0.120. The Hall–Kier alpha value is -1.93. The van der Waals surface area contributed by atoms with Crippen molar-refractivity contribution < 1.29 is 4.79 Å². The molecule has 0 radical (unpaired) electrons. The van der Waals surface area contributed by atoms with E-state index < -0.39 is 0 Å². The second kappa shape index (κ2) is 6.02. The van der Waals surface area contributed by atoms with Gasteiger partial charge in [0, 0.05) is 13.0 Å². The van der Waals surface area contributed by atoms with Crippen molar-refractivity contribution in [3.63, 3.8) is 0 Å². The van der Waals surface area contributed by atoms with Gasteiger partial charge in [-0.05, 0) is 29.5 Å². The van der Waals surface area contributed by atoms with E-state index in [0.717, 1.165) is 19.4 Å². The zero-order chi connectivity index (χ0) is 13.8. The van der Waals surface area contributed by atoms with Gasteiger partial charge in [0.15, 0.2) is 5.78 Å². The van der Waals surface area contributed by atoms with E-state index in [2.05, 4.69) is 35.6 Å². The van der Waals surface area contributed by atoms with E-state index in [4.69, 9.17) is 0 Å². The lowest BCUT2D eigenvalue weighted by Gasteiger charge is -2.15. The van der Waals surface area contributed by atoms with E-state index in [1.54, 1.807) is 0 Å². The summed E-state index contributed by atoms with van der Waals surface area (Å²) in [7, 11) is 0. The van der Waals surface area contributed by atoms with Gasteiger partial charge >= 0.3 is 0 Å². The highest BCUT2D eigenvalue weighted by molar-refractivity contribution is 5.87. The fraction of sp³-hybridized carbons (Fsp3) is 0.278. The van der Waals surface area contributed by atoms with Gasteiger partial charge in [-0.3, -0.25) is 4.79 Å². The Morgan fingerprint density at radius 1 is 0.950 bits per heavy atom. The van der Waals surface area contributed by atoms with Crippen LogP contribution in [0.4, 0.5) is 0 Å². The van der Waals surface area contributed by atoms with E-state index in [0.29, 0.717) is 12.2 Å². The zero-order valence-electron chi connectivity index (χ0n) is 11.5. The van der Waals surface area contributed by atoms with E-state index in [-0.39, 0.29) is 6.04 Å². The van der Waals surface area contributed by atoms with Crippen molar-refractivity contribution in [3.8, 4) is 0 Å². The van der Waals surface area contributed by atoms with Gasteiger partial charge in [-0.2, -0.15) is 0 Å². The van der Waals surface area contributed by atoms with Crippen LogP contribution in [0.25, 0.3) is 0 Å². The highest BCUT2D eigenvalue weighted by atomic mass is 16.1. The molecule has 1 unspecified atom stereocenters. The molecule has 0 saturated carbocycles. The van der Waals surface area contributed by atoms with E-state index in [1.165, 1.54) is 16.7 Å². The predicted octanol–water partition coefficient (Wildman–Crippen LogP) is 2.90. The molecular formula is C18H19NO. The second-order valence-electron chi connectivity index (χ2n) is 5.37. The summed E-state index contributed by atoms with van der Waals surface area (Å²) in [4.78, 5) is 12.3. The average Bonchev–Trinajstić information content (AvgIpc) is 2.65. The summed E-state index contributed by atoms with van der Waals surface area (Å²) >= 11 is 0. The van der Waals surface area contributed by atoms with Crippen LogP contribution >= 0.6 is 0 Å². The molecule has 0 spiro atoms. The molecule has 20 heavy (non-hydrogen) atoms. The van der Waals surface area contributed by atoms with Gasteiger partial charge < -0.3 is 5.32 Å². The normalized spacial score (nSPS) is 18.4. The second-order valence-corrected chi connectivity index (χ2v) is 5.37. The van der Waals surface area contributed by atoms with Crippen molar-refractivity contribution in [1.82, 2.24) is 5.32 Å².